The predicted molar refractivity (Wildman–Crippen MR) is 117 cm³/mol. The summed E-state index contributed by atoms with van der Waals surface area (Å²) in [6, 6.07) is 14.0. The van der Waals surface area contributed by atoms with Gasteiger partial charge in [-0.2, -0.15) is 0 Å². The van der Waals surface area contributed by atoms with Gasteiger partial charge >= 0.3 is 0 Å². The second-order valence-electron chi connectivity index (χ2n) is 7.61. The van der Waals surface area contributed by atoms with E-state index in [0.29, 0.717) is 29.6 Å². The van der Waals surface area contributed by atoms with Gasteiger partial charge < -0.3 is 15.1 Å². The third kappa shape index (κ3) is 4.56. The maximum absolute atomic E-state index is 12.5. The summed E-state index contributed by atoms with van der Waals surface area (Å²) in [7, 11) is 0. The number of rotatable bonds is 7. The lowest BCUT2D eigenvalue weighted by Gasteiger charge is -2.38. The summed E-state index contributed by atoms with van der Waals surface area (Å²) in [6.45, 7) is 3.90. The number of hydrogen-bond donors (Lipinski definition) is 1. The highest BCUT2D eigenvalue weighted by Crippen LogP contribution is 2.37. The molecule has 1 heterocycles. The third-order valence-corrected chi connectivity index (χ3v) is 6.32. The number of nitrogens with zero attached hydrogens (tertiary/aromatic N) is 2. The van der Waals surface area contributed by atoms with E-state index in [4.69, 9.17) is 23.2 Å². The van der Waals surface area contributed by atoms with E-state index >= 15 is 0 Å². The highest BCUT2D eigenvalue weighted by atomic mass is 35.5. The topological polar surface area (TPSA) is 35.6 Å². The van der Waals surface area contributed by atoms with Gasteiger partial charge in [0.05, 0.1) is 28.0 Å². The van der Waals surface area contributed by atoms with E-state index in [-0.39, 0.29) is 5.91 Å². The van der Waals surface area contributed by atoms with Crippen LogP contribution in [0.3, 0.4) is 0 Å². The van der Waals surface area contributed by atoms with Crippen LogP contribution in [0.15, 0.2) is 42.5 Å². The molecule has 4 nitrogen and oxygen atoms in total. The molecule has 4 rings (SSSR count). The summed E-state index contributed by atoms with van der Waals surface area (Å²) in [5.74, 6) is 0.879. The first kappa shape index (κ1) is 19.4. The first-order valence-corrected chi connectivity index (χ1v) is 10.7. The number of nitrogens with one attached hydrogen (secondary N) is 1. The lowest BCUT2D eigenvalue weighted by Crippen LogP contribution is -2.46. The van der Waals surface area contributed by atoms with Crippen molar-refractivity contribution in [1.29, 1.82) is 0 Å². The van der Waals surface area contributed by atoms with Crippen LogP contribution in [-0.4, -0.2) is 38.6 Å². The second-order valence-corrected chi connectivity index (χ2v) is 8.40. The Hall–Kier alpha value is -1.91. The number of hydrogen-bond acceptors (Lipinski definition) is 3. The Balaban J connectivity index is 1.33. The molecule has 2 aromatic carbocycles. The van der Waals surface area contributed by atoms with Crippen LogP contribution < -0.4 is 15.1 Å². The van der Waals surface area contributed by atoms with Crippen molar-refractivity contribution in [3.63, 3.8) is 0 Å². The zero-order valence-corrected chi connectivity index (χ0v) is 17.3. The van der Waals surface area contributed by atoms with E-state index in [1.807, 2.05) is 18.2 Å². The van der Waals surface area contributed by atoms with Gasteiger partial charge in [-0.25, -0.2) is 0 Å². The SMILES string of the molecule is O=C(CN1CCN(CC2CC2)c2ccccc21)NCCc1cccc(Cl)c1Cl. The molecule has 1 N–H and O–H groups in total. The number of halogens is 2. The Bertz CT molecular complexity index is 853. The zero-order chi connectivity index (χ0) is 19.5. The van der Waals surface area contributed by atoms with E-state index in [9.17, 15) is 4.79 Å². The first-order valence-electron chi connectivity index (χ1n) is 9.90. The van der Waals surface area contributed by atoms with Crippen LogP contribution in [-0.2, 0) is 11.2 Å². The van der Waals surface area contributed by atoms with Gasteiger partial charge in [0.25, 0.3) is 0 Å². The molecule has 1 saturated carbocycles. The maximum atomic E-state index is 12.5. The number of para-hydroxylation sites is 2. The molecule has 0 unspecified atom stereocenters. The van der Waals surface area contributed by atoms with Gasteiger partial charge in [-0.05, 0) is 48.9 Å². The molecule has 1 amide bonds. The molecule has 2 aliphatic rings. The van der Waals surface area contributed by atoms with Crippen LogP contribution in [0.5, 0.6) is 0 Å². The monoisotopic (exact) mass is 417 g/mol. The van der Waals surface area contributed by atoms with Gasteiger partial charge in [-0.3, -0.25) is 4.79 Å². The standard InChI is InChI=1S/C22H25Cl2N3O/c23-18-5-3-4-17(22(18)24)10-11-25-21(28)15-27-13-12-26(14-16-8-9-16)19-6-1-2-7-20(19)27/h1-7,16H,8-15H2,(H,25,28). The second kappa shape index (κ2) is 8.62. The quantitative estimate of drug-likeness (QED) is 0.725. The number of benzene rings is 2. The lowest BCUT2D eigenvalue weighted by molar-refractivity contribution is -0.119. The van der Waals surface area contributed by atoms with Crippen molar-refractivity contribution in [3.8, 4) is 0 Å². The van der Waals surface area contributed by atoms with Crippen molar-refractivity contribution in [2.24, 2.45) is 5.92 Å². The third-order valence-electron chi connectivity index (χ3n) is 5.46. The van der Waals surface area contributed by atoms with Crippen molar-refractivity contribution >= 4 is 40.5 Å². The minimum atomic E-state index is 0.0311. The summed E-state index contributed by atoms with van der Waals surface area (Å²) in [5.41, 5.74) is 3.36. The van der Waals surface area contributed by atoms with E-state index in [0.717, 1.165) is 36.8 Å². The highest BCUT2D eigenvalue weighted by Gasteiger charge is 2.29. The van der Waals surface area contributed by atoms with Gasteiger partial charge in [0.2, 0.25) is 5.91 Å². The Kier molecular flexibility index (Phi) is 5.98. The van der Waals surface area contributed by atoms with Gasteiger partial charge in [0.15, 0.2) is 0 Å². The molecule has 0 radical (unpaired) electrons. The number of amides is 1. The van der Waals surface area contributed by atoms with E-state index in [1.54, 1.807) is 6.07 Å². The number of carbonyl (C=O) groups excluding carboxylic acids is 1. The smallest absolute Gasteiger partial charge is 0.239 e. The van der Waals surface area contributed by atoms with E-state index < -0.39 is 0 Å². The average Bonchev–Trinajstić information content (AvgIpc) is 3.51. The average molecular weight is 418 g/mol. The molecule has 0 aromatic heterocycles. The fourth-order valence-corrected chi connectivity index (χ4v) is 4.17. The number of fused-ring (bicyclic) bond motifs is 1. The van der Waals surface area contributed by atoms with Gasteiger partial charge in [0.1, 0.15) is 0 Å². The van der Waals surface area contributed by atoms with Crippen molar-refractivity contribution < 1.29 is 4.79 Å². The Morgan fingerprint density at radius 1 is 1.00 bits per heavy atom. The first-order chi connectivity index (χ1) is 13.6. The van der Waals surface area contributed by atoms with Gasteiger partial charge in [-0.1, -0.05) is 47.5 Å². The van der Waals surface area contributed by atoms with Crippen molar-refractivity contribution in [2.75, 3.05) is 42.5 Å². The summed E-state index contributed by atoms with van der Waals surface area (Å²) < 4.78 is 0. The summed E-state index contributed by atoms with van der Waals surface area (Å²) >= 11 is 12.3. The zero-order valence-electron chi connectivity index (χ0n) is 15.8. The molecule has 1 aliphatic heterocycles. The Morgan fingerprint density at radius 2 is 1.71 bits per heavy atom. The lowest BCUT2D eigenvalue weighted by atomic mass is 10.1. The maximum Gasteiger partial charge on any atom is 0.239 e. The van der Waals surface area contributed by atoms with Crippen LogP contribution in [0.2, 0.25) is 10.0 Å². The molecule has 6 heteroatoms. The van der Waals surface area contributed by atoms with Crippen LogP contribution in [0.25, 0.3) is 0 Å². The van der Waals surface area contributed by atoms with Gasteiger partial charge in [0, 0.05) is 26.2 Å². The van der Waals surface area contributed by atoms with Crippen molar-refractivity contribution in [1.82, 2.24) is 5.32 Å². The normalized spacial score (nSPS) is 16.1. The number of carbonyl (C=O) groups is 1. The van der Waals surface area contributed by atoms with E-state index in [2.05, 4.69) is 33.3 Å². The van der Waals surface area contributed by atoms with Crippen LogP contribution >= 0.6 is 23.2 Å². The largest absolute Gasteiger partial charge is 0.368 e. The molecule has 28 heavy (non-hydrogen) atoms. The van der Waals surface area contributed by atoms with Crippen molar-refractivity contribution in [2.45, 2.75) is 19.3 Å². The Labute approximate surface area is 176 Å². The molecule has 2 aromatic rings. The molecular formula is C22H25Cl2N3O. The fourth-order valence-electron chi connectivity index (χ4n) is 3.75. The molecule has 1 aliphatic carbocycles. The molecular weight excluding hydrogens is 393 g/mol. The fraction of sp³-hybridized carbons (Fsp3) is 0.409. The highest BCUT2D eigenvalue weighted by molar-refractivity contribution is 6.42. The van der Waals surface area contributed by atoms with Gasteiger partial charge in [-0.15, -0.1) is 0 Å². The van der Waals surface area contributed by atoms with Crippen molar-refractivity contribution in [3.05, 3.63) is 58.1 Å². The molecule has 0 bridgehead atoms. The van der Waals surface area contributed by atoms with Crippen LogP contribution in [0.1, 0.15) is 18.4 Å². The molecule has 0 atom stereocenters. The molecule has 0 spiro atoms. The summed E-state index contributed by atoms with van der Waals surface area (Å²) in [5, 5.41) is 4.13. The van der Waals surface area contributed by atoms with Crippen LogP contribution in [0.4, 0.5) is 11.4 Å². The number of anilines is 2. The van der Waals surface area contributed by atoms with E-state index in [1.165, 1.54) is 18.5 Å². The predicted octanol–water partition coefficient (Wildman–Crippen LogP) is 4.39. The Morgan fingerprint density at radius 3 is 2.46 bits per heavy atom. The molecule has 0 saturated heterocycles. The minimum absolute atomic E-state index is 0.0311. The summed E-state index contributed by atoms with van der Waals surface area (Å²) in [6.07, 6.45) is 3.36. The minimum Gasteiger partial charge on any atom is -0.368 e. The van der Waals surface area contributed by atoms with Crippen LogP contribution in [0, 0.1) is 5.92 Å². The summed E-state index contributed by atoms with van der Waals surface area (Å²) in [4.78, 5) is 17.2. The molecule has 1 fully saturated rings. The molecule has 148 valence electrons.